The predicted octanol–water partition coefficient (Wildman–Crippen LogP) is 4.29. The third-order valence-corrected chi connectivity index (χ3v) is 4.09. The highest BCUT2D eigenvalue weighted by Gasteiger charge is 2.23. The highest BCUT2D eigenvalue weighted by atomic mass is 19.1. The average Bonchev–Trinajstić information content (AvgIpc) is 3.26. The van der Waals surface area contributed by atoms with Gasteiger partial charge in [-0.25, -0.2) is 4.39 Å². The molecular weight excluding hydrogens is 251 g/mol. The minimum atomic E-state index is -0.535. The van der Waals surface area contributed by atoms with E-state index in [2.05, 4.69) is 12.1 Å². The highest BCUT2D eigenvalue weighted by molar-refractivity contribution is 5.32. The Morgan fingerprint density at radius 1 is 1.15 bits per heavy atom. The van der Waals surface area contributed by atoms with Crippen LogP contribution >= 0.6 is 0 Å². The van der Waals surface area contributed by atoms with Crippen molar-refractivity contribution in [2.75, 3.05) is 0 Å². The van der Waals surface area contributed by atoms with Crippen molar-refractivity contribution in [2.24, 2.45) is 0 Å². The fourth-order valence-electron chi connectivity index (χ4n) is 2.62. The summed E-state index contributed by atoms with van der Waals surface area (Å²) < 4.78 is 13.1. The van der Waals surface area contributed by atoms with Crippen LogP contribution in [0.4, 0.5) is 4.39 Å². The second-order valence-corrected chi connectivity index (χ2v) is 5.73. The van der Waals surface area contributed by atoms with Gasteiger partial charge in [-0.2, -0.15) is 0 Å². The quantitative estimate of drug-likeness (QED) is 0.878. The summed E-state index contributed by atoms with van der Waals surface area (Å²) in [6.07, 6.45) is 2.56. The van der Waals surface area contributed by atoms with Gasteiger partial charge >= 0.3 is 0 Å². The minimum absolute atomic E-state index is 0.227. The third-order valence-electron chi connectivity index (χ3n) is 4.09. The first kappa shape index (κ1) is 13.3. The van der Waals surface area contributed by atoms with Crippen LogP contribution in [0.5, 0.6) is 0 Å². The molecule has 0 bridgehead atoms. The molecule has 0 heterocycles. The summed E-state index contributed by atoms with van der Waals surface area (Å²) in [5.74, 6) is 0.509. The Morgan fingerprint density at radius 3 is 2.45 bits per heavy atom. The van der Waals surface area contributed by atoms with Crippen molar-refractivity contribution >= 4 is 0 Å². The summed E-state index contributed by atoms with van der Waals surface area (Å²) in [4.78, 5) is 0. The van der Waals surface area contributed by atoms with Gasteiger partial charge in [0.05, 0.1) is 6.10 Å². The lowest BCUT2D eigenvalue weighted by molar-refractivity contribution is 0.178. The first-order valence-electron chi connectivity index (χ1n) is 7.16. The Balaban J connectivity index is 1.73. The first-order valence-corrected chi connectivity index (χ1v) is 7.16. The number of aryl methyl sites for hydroxylation is 1. The molecule has 1 aliphatic carbocycles. The SMILES string of the molecule is Cc1cc(F)ccc1CC(O)c1ccc(C2CC2)cc1. The standard InChI is InChI=1S/C18H19FO/c1-12-10-17(19)9-8-16(12)11-18(20)15-6-4-14(5-7-15)13-2-3-13/h4-10,13,18,20H,2-3,11H2,1H3. The topological polar surface area (TPSA) is 20.2 Å². The van der Waals surface area contributed by atoms with E-state index in [1.807, 2.05) is 19.1 Å². The predicted molar refractivity (Wildman–Crippen MR) is 78.2 cm³/mol. The summed E-state index contributed by atoms with van der Waals surface area (Å²) in [6, 6.07) is 13.0. The van der Waals surface area contributed by atoms with Gasteiger partial charge in [0.15, 0.2) is 0 Å². The zero-order chi connectivity index (χ0) is 14.1. The molecule has 0 amide bonds. The Bertz CT molecular complexity index is 599. The Hall–Kier alpha value is -1.67. The number of aliphatic hydroxyl groups is 1. The third kappa shape index (κ3) is 2.91. The van der Waals surface area contributed by atoms with E-state index in [-0.39, 0.29) is 5.82 Å². The van der Waals surface area contributed by atoms with Gasteiger partial charge in [0.25, 0.3) is 0 Å². The molecule has 1 N–H and O–H groups in total. The van der Waals surface area contributed by atoms with Crippen LogP contribution in [0.25, 0.3) is 0 Å². The van der Waals surface area contributed by atoms with E-state index in [1.165, 1.54) is 30.5 Å². The molecule has 2 aromatic rings. The molecule has 3 rings (SSSR count). The fraction of sp³-hybridized carbons (Fsp3) is 0.333. The number of aliphatic hydroxyl groups excluding tert-OH is 1. The summed E-state index contributed by atoms with van der Waals surface area (Å²) in [7, 11) is 0. The fourth-order valence-corrected chi connectivity index (χ4v) is 2.62. The second kappa shape index (κ2) is 5.37. The molecule has 0 aromatic heterocycles. The number of hydrogen-bond donors (Lipinski definition) is 1. The molecule has 0 aliphatic heterocycles. The highest BCUT2D eigenvalue weighted by Crippen LogP contribution is 2.40. The smallest absolute Gasteiger partial charge is 0.123 e. The molecule has 2 heteroatoms. The van der Waals surface area contributed by atoms with Crippen molar-refractivity contribution in [2.45, 2.75) is 38.2 Å². The van der Waals surface area contributed by atoms with Gasteiger partial charge in [-0.1, -0.05) is 30.3 Å². The maximum Gasteiger partial charge on any atom is 0.123 e. The first-order chi connectivity index (χ1) is 9.63. The number of hydrogen-bond acceptors (Lipinski definition) is 1. The Labute approximate surface area is 119 Å². The zero-order valence-corrected chi connectivity index (χ0v) is 11.6. The number of benzene rings is 2. The van der Waals surface area contributed by atoms with E-state index in [0.29, 0.717) is 6.42 Å². The molecule has 1 nitrogen and oxygen atoms in total. The molecule has 104 valence electrons. The van der Waals surface area contributed by atoms with Crippen molar-refractivity contribution in [3.8, 4) is 0 Å². The van der Waals surface area contributed by atoms with Crippen LogP contribution in [0.15, 0.2) is 42.5 Å². The molecule has 20 heavy (non-hydrogen) atoms. The van der Waals surface area contributed by atoms with Crippen molar-refractivity contribution < 1.29 is 9.50 Å². The summed E-state index contributed by atoms with van der Waals surface area (Å²) in [5, 5.41) is 10.3. The lowest BCUT2D eigenvalue weighted by atomic mass is 9.97. The molecular formula is C18H19FO. The van der Waals surface area contributed by atoms with Crippen molar-refractivity contribution in [3.63, 3.8) is 0 Å². The van der Waals surface area contributed by atoms with Gasteiger partial charge in [0.1, 0.15) is 5.82 Å². The summed E-state index contributed by atoms with van der Waals surface area (Å²) >= 11 is 0. The van der Waals surface area contributed by atoms with Gasteiger partial charge < -0.3 is 5.11 Å². The van der Waals surface area contributed by atoms with Crippen molar-refractivity contribution in [1.82, 2.24) is 0 Å². The largest absolute Gasteiger partial charge is 0.388 e. The normalized spacial score (nSPS) is 16.1. The second-order valence-electron chi connectivity index (χ2n) is 5.73. The average molecular weight is 270 g/mol. The van der Waals surface area contributed by atoms with Crippen molar-refractivity contribution in [1.29, 1.82) is 0 Å². The van der Waals surface area contributed by atoms with Gasteiger partial charge in [0.2, 0.25) is 0 Å². The van der Waals surface area contributed by atoms with Crippen LogP contribution in [0, 0.1) is 12.7 Å². The van der Waals surface area contributed by atoms with E-state index in [4.69, 9.17) is 0 Å². The van der Waals surface area contributed by atoms with E-state index in [0.717, 1.165) is 22.6 Å². The molecule has 0 radical (unpaired) electrons. The zero-order valence-electron chi connectivity index (χ0n) is 11.6. The molecule has 1 atom stereocenters. The molecule has 1 saturated carbocycles. The molecule has 1 unspecified atom stereocenters. The maximum absolute atomic E-state index is 13.1. The molecule has 0 saturated heterocycles. The van der Waals surface area contributed by atoms with E-state index in [9.17, 15) is 9.50 Å². The summed E-state index contributed by atoms with van der Waals surface area (Å²) in [5.41, 5.74) is 4.18. The monoisotopic (exact) mass is 270 g/mol. The van der Waals surface area contributed by atoms with E-state index >= 15 is 0 Å². The van der Waals surface area contributed by atoms with Crippen LogP contribution in [-0.2, 0) is 6.42 Å². The number of halogens is 1. The molecule has 1 aliphatic rings. The Kier molecular flexibility index (Phi) is 3.58. The van der Waals surface area contributed by atoms with Crippen LogP contribution in [0.3, 0.4) is 0 Å². The van der Waals surface area contributed by atoms with Gasteiger partial charge in [-0.15, -0.1) is 0 Å². The van der Waals surface area contributed by atoms with E-state index in [1.54, 1.807) is 6.07 Å². The van der Waals surface area contributed by atoms with Gasteiger partial charge in [0, 0.05) is 6.42 Å². The lowest BCUT2D eigenvalue weighted by Crippen LogP contribution is -2.03. The summed E-state index contributed by atoms with van der Waals surface area (Å²) in [6.45, 7) is 1.88. The van der Waals surface area contributed by atoms with Crippen LogP contribution in [-0.4, -0.2) is 5.11 Å². The molecule has 2 aromatic carbocycles. The minimum Gasteiger partial charge on any atom is -0.388 e. The molecule has 0 spiro atoms. The molecule has 1 fully saturated rings. The maximum atomic E-state index is 13.1. The van der Waals surface area contributed by atoms with Crippen LogP contribution in [0.1, 0.15) is 47.1 Å². The van der Waals surface area contributed by atoms with E-state index < -0.39 is 6.10 Å². The number of rotatable bonds is 4. The van der Waals surface area contributed by atoms with Crippen molar-refractivity contribution in [3.05, 3.63) is 70.5 Å². The van der Waals surface area contributed by atoms with Crippen LogP contribution in [0.2, 0.25) is 0 Å². The van der Waals surface area contributed by atoms with Gasteiger partial charge in [-0.3, -0.25) is 0 Å². The van der Waals surface area contributed by atoms with Gasteiger partial charge in [-0.05, 0) is 60.1 Å². The van der Waals surface area contributed by atoms with Crippen LogP contribution < -0.4 is 0 Å². The Morgan fingerprint density at radius 2 is 1.85 bits per heavy atom. The lowest BCUT2D eigenvalue weighted by Gasteiger charge is -2.13.